The van der Waals surface area contributed by atoms with Crippen molar-refractivity contribution in [3.63, 3.8) is 0 Å². The number of rotatable bonds is 4. The Morgan fingerprint density at radius 2 is 1.72 bits per heavy atom. The third kappa shape index (κ3) is 4.36. The van der Waals surface area contributed by atoms with E-state index in [0.717, 1.165) is 37.8 Å². The average Bonchev–Trinajstić information content (AvgIpc) is 2.73. The lowest BCUT2D eigenvalue weighted by molar-refractivity contribution is 0.0577. The Bertz CT molecular complexity index is 857. The average molecular weight is 393 g/mol. The molecule has 2 aromatic rings. The molecule has 2 aliphatic heterocycles. The van der Waals surface area contributed by atoms with Crippen molar-refractivity contribution < 1.29 is 14.3 Å². The zero-order chi connectivity index (χ0) is 20.2. The summed E-state index contributed by atoms with van der Waals surface area (Å²) >= 11 is 0. The Morgan fingerprint density at radius 3 is 2.41 bits per heavy atom. The molecule has 2 saturated heterocycles. The summed E-state index contributed by atoms with van der Waals surface area (Å²) in [5.74, 6) is 0.674. The molecular formula is C23H27N3O3. The van der Waals surface area contributed by atoms with E-state index in [1.165, 1.54) is 0 Å². The number of carbonyl (C=O) groups excluding carboxylic acids is 2. The number of piperidine rings is 2. The number of nitrogens with zero attached hydrogens (tertiary/aromatic N) is 1. The molecule has 1 unspecified atom stereocenters. The van der Waals surface area contributed by atoms with Gasteiger partial charge >= 0.3 is 6.03 Å². The van der Waals surface area contributed by atoms with Crippen molar-refractivity contribution in [3.8, 4) is 5.75 Å². The van der Waals surface area contributed by atoms with Gasteiger partial charge in [-0.1, -0.05) is 24.3 Å². The molecule has 0 spiro atoms. The van der Waals surface area contributed by atoms with Crippen LogP contribution in [0.15, 0.2) is 54.6 Å². The van der Waals surface area contributed by atoms with Crippen LogP contribution in [-0.2, 0) is 0 Å². The van der Waals surface area contributed by atoms with E-state index >= 15 is 0 Å². The molecule has 0 aromatic heterocycles. The molecule has 2 aromatic carbocycles. The van der Waals surface area contributed by atoms with Gasteiger partial charge in [-0.25, -0.2) is 4.79 Å². The molecular weight excluding hydrogens is 366 g/mol. The summed E-state index contributed by atoms with van der Waals surface area (Å²) < 4.78 is 5.24. The summed E-state index contributed by atoms with van der Waals surface area (Å²) in [6, 6.07) is 17.0. The number of nitrogens with one attached hydrogen (secondary N) is 2. The summed E-state index contributed by atoms with van der Waals surface area (Å²) in [6.45, 7) is 0. The summed E-state index contributed by atoms with van der Waals surface area (Å²) in [4.78, 5) is 27.5. The van der Waals surface area contributed by atoms with E-state index < -0.39 is 0 Å². The molecule has 0 saturated carbocycles. The number of hydrogen-bond acceptors (Lipinski definition) is 3. The minimum absolute atomic E-state index is 0.0389. The number of anilines is 1. The first-order valence-electron chi connectivity index (χ1n) is 10.2. The van der Waals surface area contributed by atoms with Crippen LogP contribution in [-0.4, -0.2) is 42.1 Å². The quantitative estimate of drug-likeness (QED) is 0.823. The molecule has 6 nitrogen and oxygen atoms in total. The number of benzene rings is 2. The van der Waals surface area contributed by atoms with E-state index in [1.807, 2.05) is 59.5 Å². The molecule has 0 aliphatic carbocycles. The molecule has 0 radical (unpaired) electrons. The summed E-state index contributed by atoms with van der Waals surface area (Å²) in [5, 5.41) is 6.19. The van der Waals surface area contributed by atoms with Crippen molar-refractivity contribution in [2.75, 3.05) is 12.4 Å². The first kappa shape index (κ1) is 19.3. The number of amides is 3. The zero-order valence-corrected chi connectivity index (χ0v) is 16.6. The molecule has 4 rings (SSSR count). The predicted octanol–water partition coefficient (Wildman–Crippen LogP) is 4.04. The van der Waals surface area contributed by atoms with Crippen LogP contribution in [0.1, 0.15) is 42.5 Å². The molecule has 152 valence electrons. The van der Waals surface area contributed by atoms with Gasteiger partial charge in [0.15, 0.2) is 0 Å². The molecule has 6 heteroatoms. The lowest BCUT2D eigenvalue weighted by Crippen LogP contribution is -2.59. The fraction of sp³-hybridized carbons (Fsp3) is 0.391. The van der Waals surface area contributed by atoms with Crippen LogP contribution in [0.25, 0.3) is 0 Å². The van der Waals surface area contributed by atoms with Crippen molar-refractivity contribution in [2.24, 2.45) is 0 Å². The van der Waals surface area contributed by atoms with Crippen molar-refractivity contribution in [1.29, 1.82) is 0 Å². The van der Waals surface area contributed by atoms with Crippen LogP contribution in [0.3, 0.4) is 0 Å². The third-order valence-electron chi connectivity index (χ3n) is 5.90. The minimum Gasteiger partial charge on any atom is -0.497 e. The van der Waals surface area contributed by atoms with Gasteiger partial charge in [-0.05, 0) is 56.4 Å². The smallest absolute Gasteiger partial charge is 0.322 e. The van der Waals surface area contributed by atoms with E-state index in [-0.39, 0.29) is 30.1 Å². The number of urea groups is 1. The Kier molecular flexibility index (Phi) is 5.69. The van der Waals surface area contributed by atoms with Gasteiger partial charge in [0, 0.05) is 35.4 Å². The second-order valence-corrected chi connectivity index (χ2v) is 7.82. The Morgan fingerprint density at radius 1 is 1.00 bits per heavy atom. The molecule has 2 N–H and O–H groups in total. The monoisotopic (exact) mass is 393 g/mol. The topological polar surface area (TPSA) is 70.7 Å². The molecule has 2 aliphatic rings. The molecule has 3 atom stereocenters. The third-order valence-corrected chi connectivity index (χ3v) is 5.90. The number of hydrogen-bond donors (Lipinski definition) is 2. The fourth-order valence-corrected chi connectivity index (χ4v) is 4.58. The van der Waals surface area contributed by atoms with E-state index in [2.05, 4.69) is 10.6 Å². The minimum atomic E-state index is -0.0687. The normalized spacial score (nSPS) is 23.2. The zero-order valence-electron chi connectivity index (χ0n) is 16.6. The largest absolute Gasteiger partial charge is 0.497 e. The van der Waals surface area contributed by atoms with Crippen LogP contribution >= 0.6 is 0 Å². The van der Waals surface area contributed by atoms with Crippen LogP contribution < -0.4 is 15.4 Å². The van der Waals surface area contributed by atoms with Crippen LogP contribution in [0, 0.1) is 0 Å². The highest BCUT2D eigenvalue weighted by Gasteiger charge is 2.41. The van der Waals surface area contributed by atoms with Crippen LogP contribution in [0.5, 0.6) is 5.75 Å². The van der Waals surface area contributed by atoms with Gasteiger partial charge in [0.1, 0.15) is 5.75 Å². The number of carbonyl (C=O) groups is 2. The fourth-order valence-electron chi connectivity index (χ4n) is 4.58. The summed E-state index contributed by atoms with van der Waals surface area (Å²) in [7, 11) is 1.61. The van der Waals surface area contributed by atoms with E-state index in [4.69, 9.17) is 4.74 Å². The van der Waals surface area contributed by atoms with E-state index in [0.29, 0.717) is 11.3 Å². The van der Waals surface area contributed by atoms with Crippen molar-refractivity contribution >= 4 is 17.6 Å². The maximum absolute atomic E-state index is 13.0. The van der Waals surface area contributed by atoms with Crippen LogP contribution in [0.2, 0.25) is 0 Å². The lowest BCUT2D eigenvalue weighted by Gasteiger charge is -2.48. The molecule has 2 heterocycles. The SMILES string of the molecule is COc1cccc(NC(=O)N2[C@@H]3CCC[C@H]2CC(NC(=O)c2ccccc2)C3)c1. The maximum atomic E-state index is 13.0. The molecule has 3 amide bonds. The van der Waals surface area contributed by atoms with Crippen LogP contribution in [0.4, 0.5) is 10.5 Å². The molecule has 2 fully saturated rings. The molecule has 29 heavy (non-hydrogen) atoms. The second kappa shape index (κ2) is 8.55. The van der Waals surface area contributed by atoms with Gasteiger partial charge < -0.3 is 20.3 Å². The lowest BCUT2D eigenvalue weighted by atomic mass is 9.82. The second-order valence-electron chi connectivity index (χ2n) is 7.82. The highest BCUT2D eigenvalue weighted by atomic mass is 16.5. The van der Waals surface area contributed by atoms with Crippen molar-refractivity contribution in [3.05, 3.63) is 60.2 Å². The van der Waals surface area contributed by atoms with E-state index in [9.17, 15) is 9.59 Å². The van der Waals surface area contributed by atoms with Gasteiger partial charge in [-0.2, -0.15) is 0 Å². The Labute approximate surface area is 171 Å². The standard InChI is InChI=1S/C23H27N3O3/c1-29-21-12-5-9-17(15-21)25-23(28)26-19-10-6-11-20(26)14-18(13-19)24-22(27)16-7-3-2-4-8-16/h2-5,7-9,12,15,18-20H,6,10-11,13-14H2,1H3,(H,24,27)(H,25,28)/t18?,19-,20+. The Hall–Kier alpha value is -3.02. The first-order chi connectivity index (χ1) is 14.1. The first-order valence-corrected chi connectivity index (χ1v) is 10.2. The Balaban J connectivity index is 1.41. The predicted molar refractivity (Wildman–Crippen MR) is 112 cm³/mol. The summed E-state index contributed by atoms with van der Waals surface area (Å²) in [5.41, 5.74) is 1.41. The number of fused-ring (bicyclic) bond motifs is 2. The van der Waals surface area contributed by atoms with Gasteiger partial charge in [0.25, 0.3) is 5.91 Å². The van der Waals surface area contributed by atoms with Gasteiger partial charge in [0.2, 0.25) is 0 Å². The highest BCUT2D eigenvalue weighted by molar-refractivity contribution is 5.94. The number of ether oxygens (including phenoxy) is 1. The van der Waals surface area contributed by atoms with Gasteiger partial charge in [-0.15, -0.1) is 0 Å². The number of methoxy groups -OCH3 is 1. The van der Waals surface area contributed by atoms with Gasteiger partial charge in [-0.3, -0.25) is 4.79 Å². The van der Waals surface area contributed by atoms with Crippen molar-refractivity contribution in [1.82, 2.24) is 10.2 Å². The van der Waals surface area contributed by atoms with Crippen molar-refractivity contribution in [2.45, 2.75) is 50.2 Å². The maximum Gasteiger partial charge on any atom is 0.322 e. The highest BCUT2D eigenvalue weighted by Crippen LogP contribution is 2.35. The van der Waals surface area contributed by atoms with E-state index in [1.54, 1.807) is 7.11 Å². The molecule has 2 bridgehead atoms. The van der Waals surface area contributed by atoms with Gasteiger partial charge in [0.05, 0.1) is 7.11 Å². The summed E-state index contributed by atoms with van der Waals surface area (Å²) in [6.07, 6.45) is 4.65.